The first-order valence-electron chi connectivity index (χ1n) is 17.1. The molecule has 0 radical (unpaired) electrons. The van der Waals surface area contributed by atoms with Crippen LogP contribution in [-0.4, -0.2) is 90.9 Å². The lowest BCUT2D eigenvalue weighted by Crippen LogP contribution is -2.56. The van der Waals surface area contributed by atoms with E-state index in [4.69, 9.17) is 14.2 Å². The highest BCUT2D eigenvalue weighted by atomic mass is 16.6. The van der Waals surface area contributed by atoms with Gasteiger partial charge in [-0.05, 0) is 55.9 Å². The second kappa shape index (κ2) is 14.7. The molecule has 1 spiro atoms. The Morgan fingerprint density at radius 2 is 1.82 bits per heavy atom. The SMILES string of the molecule is COC[C@H]1NC(=O)CC/C=C\CN(c2cc(C)ccc2C)C(=O)[C@@H]2N(CCCCO)C(=O)[C@H]3[C@H](C(=O)O[C@@H]1c1ccccc1)[C@@H]1C=C[C@]23O1. The molecule has 5 bridgehead atoms. The topological polar surface area (TPSA) is 135 Å². The number of hydrogen-bond acceptors (Lipinski definition) is 8. The molecular weight excluding hydrogens is 626 g/mol. The summed E-state index contributed by atoms with van der Waals surface area (Å²) in [6.45, 7) is 4.32. The number of anilines is 1. The van der Waals surface area contributed by atoms with Crippen LogP contribution < -0.4 is 10.2 Å². The van der Waals surface area contributed by atoms with Crippen molar-refractivity contribution in [3.63, 3.8) is 0 Å². The van der Waals surface area contributed by atoms with Crippen LogP contribution in [0.25, 0.3) is 0 Å². The number of hydrogen-bond donors (Lipinski definition) is 2. The average Bonchev–Trinajstić information content (AvgIpc) is 3.73. The minimum atomic E-state index is -1.39. The van der Waals surface area contributed by atoms with Crippen LogP contribution in [0.2, 0.25) is 0 Å². The van der Waals surface area contributed by atoms with Crippen LogP contribution in [0.4, 0.5) is 5.69 Å². The van der Waals surface area contributed by atoms with E-state index in [1.807, 2.05) is 74.5 Å². The molecule has 4 aliphatic heterocycles. The molecule has 7 atom stereocenters. The van der Waals surface area contributed by atoms with Crippen molar-refractivity contribution in [1.29, 1.82) is 0 Å². The van der Waals surface area contributed by atoms with Crippen molar-refractivity contribution in [2.45, 2.75) is 69.4 Å². The van der Waals surface area contributed by atoms with Crippen LogP contribution in [-0.2, 0) is 33.4 Å². The Kier molecular flexibility index (Phi) is 10.3. The molecule has 2 fully saturated rings. The standard InChI is InChI=1S/C38H45N3O8/c1-24-15-16-25(2)28(22-24)40-19-9-5-8-14-30(43)39-27(23-47-3)33(26-12-6-4-7-13-26)48-37(46)31-29-17-18-38(49-29)32(31)35(44)41(20-10-11-21-42)34(38)36(40)45/h4-7,9,12-13,15-18,22,27,29,31-34,42H,8,10-11,14,19-21,23H2,1-3H3,(H,39,43)/b9-5-/t27-,29+,31-,32-,33-,34+,38-/m1/s1. The van der Waals surface area contributed by atoms with E-state index < -0.39 is 47.7 Å². The number of methoxy groups -OCH3 is 1. The van der Waals surface area contributed by atoms with Crippen LogP contribution in [0.1, 0.15) is 48.5 Å². The van der Waals surface area contributed by atoms with Crippen LogP contribution in [0, 0.1) is 25.7 Å². The molecule has 0 aromatic heterocycles. The van der Waals surface area contributed by atoms with Gasteiger partial charge >= 0.3 is 5.97 Å². The van der Waals surface area contributed by atoms with Gasteiger partial charge in [0.05, 0.1) is 24.7 Å². The normalized spacial score (nSPS) is 30.8. The molecule has 4 aliphatic rings. The zero-order valence-electron chi connectivity index (χ0n) is 28.2. The van der Waals surface area contributed by atoms with E-state index in [9.17, 15) is 19.5 Å². The Morgan fingerprint density at radius 3 is 2.57 bits per heavy atom. The predicted octanol–water partition coefficient (Wildman–Crippen LogP) is 3.33. The highest BCUT2D eigenvalue weighted by molar-refractivity contribution is 6.05. The van der Waals surface area contributed by atoms with E-state index in [0.717, 1.165) is 11.1 Å². The number of nitrogens with zero attached hydrogens (tertiary/aromatic N) is 2. The van der Waals surface area contributed by atoms with E-state index in [1.54, 1.807) is 22.0 Å². The first-order chi connectivity index (χ1) is 23.7. The summed E-state index contributed by atoms with van der Waals surface area (Å²) in [6.07, 6.45) is 7.08. The van der Waals surface area contributed by atoms with Gasteiger partial charge in [0, 0.05) is 38.9 Å². The van der Waals surface area contributed by atoms with Gasteiger partial charge in [0.15, 0.2) is 0 Å². The number of nitrogens with one attached hydrogen (secondary N) is 1. The Balaban J connectivity index is 1.46. The minimum absolute atomic E-state index is 0.0535. The van der Waals surface area contributed by atoms with Gasteiger partial charge in [-0.2, -0.15) is 0 Å². The van der Waals surface area contributed by atoms with Crippen molar-refractivity contribution in [1.82, 2.24) is 10.2 Å². The Morgan fingerprint density at radius 1 is 1.02 bits per heavy atom. The molecule has 11 nitrogen and oxygen atoms in total. The number of carbonyl (C=O) groups is 4. The van der Waals surface area contributed by atoms with Gasteiger partial charge in [0.2, 0.25) is 11.8 Å². The molecule has 0 saturated carbocycles. The largest absolute Gasteiger partial charge is 0.455 e. The van der Waals surface area contributed by atoms with Crippen molar-refractivity contribution in [2.75, 3.05) is 38.3 Å². The maximum atomic E-state index is 15.0. The molecule has 2 aromatic rings. The summed E-state index contributed by atoms with van der Waals surface area (Å²) in [5, 5.41) is 12.6. The maximum Gasteiger partial charge on any atom is 0.313 e. The molecule has 6 rings (SSSR count). The van der Waals surface area contributed by atoms with Crippen LogP contribution in [0.5, 0.6) is 0 Å². The van der Waals surface area contributed by atoms with Gasteiger partial charge in [0.1, 0.15) is 23.7 Å². The second-order valence-electron chi connectivity index (χ2n) is 13.3. The number of amides is 3. The summed E-state index contributed by atoms with van der Waals surface area (Å²) in [6, 6.07) is 13.2. The van der Waals surface area contributed by atoms with Crippen LogP contribution >= 0.6 is 0 Å². The number of ether oxygens (including phenoxy) is 3. The quantitative estimate of drug-likeness (QED) is 0.248. The number of aliphatic hydroxyl groups is 1. The number of likely N-dealkylation sites (tertiary alicyclic amines) is 1. The number of cyclic esters (lactones) is 1. The Hall–Kier alpha value is -4.32. The van der Waals surface area contributed by atoms with E-state index >= 15 is 4.79 Å². The molecule has 260 valence electrons. The number of benzene rings is 2. The first kappa shape index (κ1) is 34.5. The fourth-order valence-electron chi connectivity index (χ4n) is 7.72. The maximum absolute atomic E-state index is 15.0. The summed E-state index contributed by atoms with van der Waals surface area (Å²) in [5.74, 6) is -3.61. The number of rotatable bonds is 8. The molecule has 0 unspecified atom stereocenters. The number of aliphatic hydroxyl groups excluding tert-OH is 1. The lowest BCUT2D eigenvalue weighted by Gasteiger charge is -2.36. The Labute approximate surface area is 286 Å². The van der Waals surface area contributed by atoms with Gasteiger partial charge in [-0.3, -0.25) is 19.2 Å². The first-order valence-corrected chi connectivity index (χ1v) is 17.1. The summed E-state index contributed by atoms with van der Waals surface area (Å²) < 4.78 is 18.3. The van der Waals surface area contributed by atoms with Crippen molar-refractivity contribution >= 4 is 29.4 Å². The molecular formula is C38H45N3O8. The van der Waals surface area contributed by atoms with Crippen LogP contribution in [0.3, 0.4) is 0 Å². The van der Waals surface area contributed by atoms with E-state index in [-0.39, 0.29) is 50.4 Å². The third-order valence-electron chi connectivity index (χ3n) is 10.0. The molecule has 11 heteroatoms. The van der Waals surface area contributed by atoms with E-state index in [0.29, 0.717) is 30.5 Å². The van der Waals surface area contributed by atoms with Gasteiger partial charge < -0.3 is 34.4 Å². The van der Waals surface area contributed by atoms with E-state index in [1.165, 1.54) is 7.11 Å². The summed E-state index contributed by atoms with van der Waals surface area (Å²) in [5.41, 5.74) is 1.82. The van der Waals surface area contributed by atoms with Gasteiger partial charge in [-0.15, -0.1) is 0 Å². The number of allylic oxidation sites excluding steroid dienone is 1. The number of unbranched alkanes of at least 4 members (excludes halogenated alkanes) is 1. The molecule has 2 aromatic carbocycles. The van der Waals surface area contributed by atoms with Gasteiger partial charge in [-0.1, -0.05) is 66.8 Å². The lowest BCUT2D eigenvalue weighted by molar-refractivity contribution is -0.162. The second-order valence-corrected chi connectivity index (χ2v) is 13.3. The average molecular weight is 672 g/mol. The zero-order valence-corrected chi connectivity index (χ0v) is 28.2. The third-order valence-corrected chi connectivity index (χ3v) is 10.0. The highest BCUT2D eigenvalue weighted by Gasteiger charge is 2.73. The monoisotopic (exact) mass is 671 g/mol. The van der Waals surface area contributed by atoms with Crippen molar-refractivity contribution < 1.29 is 38.5 Å². The summed E-state index contributed by atoms with van der Waals surface area (Å²) >= 11 is 0. The van der Waals surface area contributed by atoms with Gasteiger partial charge in [0.25, 0.3) is 5.91 Å². The van der Waals surface area contributed by atoms with Crippen molar-refractivity contribution in [2.24, 2.45) is 11.8 Å². The fraction of sp³-hybridized carbons (Fsp3) is 0.474. The van der Waals surface area contributed by atoms with Crippen molar-refractivity contribution in [3.8, 4) is 0 Å². The molecule has 4 heterocycles. The number of carbonyl (C=O) groups excluding carboxylic acids is 4. The minimum Gasteiger partial charge on any atom is -0.455 e. The predicted molar refractivity (Wildman–Crippen MR) is 181 cm³/mol. The summed E-state index contributed by atoms with van der Waals surface area (Å²) in [7, 11) is 1.51. The molecule has 3 amide bonds. The molecule has 0 aliphatic carbocycles. The molecule has 49 heavy (non-hydrogen) atoms. The number of aryl methyl sites for hydroxylation is 2. The third kappa shape index (κ3) is 6.54. The smallest absolute Gasteiger partial charge is 0.313 e. The zero-order chi connectivity index (χ0) is 34.7. The van der Waals surface area contributed by atoms with Crippen molar-refractivity contribution in [3.05, 3.63) is 89.5 Å². The molecule has 2 saturated heterocycles. The summed E-state index contributed by atoms with van der Waals surface area (Å²) in [4.78, 5) is 60.3. The highest BCUT2D eigenvalue weighted by Crippen LogP contribution is 2.56. The van der Waals surface area contributed by atoms with Gasteiger partial charge in [-0.25, -0.2) is 0 Å². The number of fused-ring (bicyclic) bond motifs is 2. The lowest BCUT2D eigenvalue weighted by atomic mass is 9.74. The van der Waals surface area contributed by atoms with E-state index in [2.05, 4.69) is 5.32 Å². The number of esters is 1. The van der Waals surface area contributed by atoms with Crippen LogP contribution in [0.15, 0.2) is 72.8 Å². The Bertz CT molecular complexity index is 1630. The fourth-order valence-corrected chi connectivity index (χ4v) is 7.72. The molecule has 2 N–H and O–H groups in total.